The third-order valence-electron chi connectivity index (χ3n) is 2.87. The van der Waals surface area contributed by atoms with E-state index in [1.165, 1.54) is 0 Å². The number of aromatic nitrogens is 3. The molecule has 0 amide bonds. The summed E-state index contributed by atoms with van der Waals surface area (Å²) in [6, 6.07) is 9.92. The maximum absolute atomic E-state index is 5.66. The third kappa shape index (κ3) is 2.20. The lowest BCUT2D eigenvalue weighted by atomic mass is 10.1. The van der Waals surface area contributed by atoms with Gasteiger partial charge in [-0.1, -0.05) is 18.2 Å². The van der Waals surface area contributed by atoms with Gasteiger partial charge in [0, 0.05) is 16.6 Å². The molecule has 0 unspecified atom stereocenters. The summed E-state index contributed by atoms with van der Waals surface area (Å²) in [7, 11) is 1.84. The molecule has 0 aliphatic heterocycles. The van der Waals surface area contributed by atoms with Crippen LogP contribution in [-0.4, -0.2) is 22.2 Å². The van der Waals surface area contributed by atoms with Gasteiger partial charge in [0.2, 0.25) is 11.8 Å². The highest BCUT2D eigenvalue weighted by molar-refractivity contribution is 5.92. The lowest BCUT2D eigenvalue weighted by molar-refractivity contribution is 0.490. The predicted octanol–water partition coefficient (Wildman–Crippen LogP) is 2.31. The first-order valence-corrected chi connectivity index (χ1v) is 6.11. The monoisotopic (exact) mass is 254 g/mol. The Morgan fingerprint density at radius 2 is 2.05 bits per heavy atom. The predicted molar refractivity (Wildman–Crippen MR) is 72.5 cm³/mol. The van der Waals surface area contributed by atoms with Crippen LogP contribution in [0.2, 0.25) is 0 Å². The van der Waals surface area contributed by atoms with E-state index in [1.54, 1.807) is 0 Å². The molecule has 3 aromatic rings. The SMILES string of the molecule is CNCc1nnc(-c2cc(C)nc3ccccc23)o1. The van der Waals surface area contributed by atoms with Crippen LogP contribution >= 0.6 is 0 Å². The zero-order chi connectivity index (χ0) is 13.2. The van der Waals surface area contributed by atoms with Crippen molar-refractivity contribution in [3.05, 3.63) is 41.9 Å². The van der Waals surface area contributed by atoms with Gasteiger partial charge in [0.05, 0.1) is 12.1 Å². The van der Waals surface area contributed by atoms with Crippen molar-refractivity contribution in [2.45, 2.75) is 13.5 Å². The van der Waals surface area contributed by atoms with Crippen molar-refractivity contribution in [2.75, 3.05) is 7.05 Å². The lowest BCUT2D eigenvalue weighted by Gasteiger charge is -2.03. The Bertz CT molecular complexity index is 720. The first kappa shape index (κ1) is 11.8. The Balaban J connectivity index is 2.17. The normalized spacial score (nSPS) is 11.1. The molecule has 5 heteroatoms. The van der Waals surface area contributed by atoms with E-state index in [1.807, 2.05) is 44.3 Å². The first-order valence-electron chi connectivity index (χ1n) is 6.11. The quantitative estimate of drug-likeness (QED) is 0.777. The van der Waals surface area contributed by atoms with Crippen LogP contribution < -0.4 is 5.32 Å². The standard InChI is InChI=1S/C14H14N4O/c1-9-7-11(10-5-3-4-6-12(10)16-9)14-18-17-13(19-14)8-15-2/h3-7,15H,8H2,1-2H3. The Morgan fingerprint density at radius 3 is 2.89 bits per heavy atom. The summed E-state index contributed by atoms with van der Waals surface area (Å²) in [6.45, 7) is 2.52. The second-order valence-electron chi connectivity index (χ2n) is 4.36. The summed E-state index contributed by atoms with van der Waals surface area (Å²) in [5, 5.41) is 12.1. The molecule has 0 radical (unpaired) electrons. The molecule has 0 spiro atoms. The zero-order valence-electron chi connectivity index (χ0n) is 10.8. The molecule has 0 aliphatic rings. The van der Waals surface area contributed by atoms with Crippen molar-refractivity contribution >= 4 is 10.9 Å². The van der Waals surface area contributed by atoms with E-state index < -0.39 is 0 Å². The number of nitrogens with zero attached hydrogens (tertiary/aromatic N) is 3. The third-order valence-corrected chi connectivity index (χ3v) is 2.87. The van der Waals surface area contributed by atoms with Gasteiger partial charge in [-0.05, 0) is 26.1 Å². The van der Waals surface area contributed by atoms with E-state index >= 15 is 0 Å². The number of nitrogens with one attached hydrogen (secondary N) is 1. The maximum atomic E-state index is 5.66. The molecule has 0 atom stereocenters. The van der Waals surface area contributed by atoms with Crippen molar-refractivity contribution in [1.29, 1.82) is 0 Å². The summed E-state index contributed by atoms with van der Waals surface area (Å²) in [4.78, 5) is 4.50. The zero-order valence-corrected chi connectivity index (χ0v) is 10.8. The number of para-hydroxylation sites is 1. The molecule has 1 aromatic carbocycles. The fourth-order valence-corrected chi connectivity index (χ4v) is 2.07. The van der Waals surface area contributed by atoms with Gasteiger partial charge in [0.1, 0.15) is 0 Å². The van der Waals surface area contributed by atoms with Crippen molar-refractivity contribution in [3.8, 4) is 11.5 Å². The fourth-order valence-electron chi connectivity index (χ4n) is 2.07. The number of benzene rings is 1. The van der Waals surface area contributed by atoms with Gasteiger partial charge >= 0.3 is 0 Å². The minimum Gasteiger partial charge on any atom is -0.419 e. The molecule has 3 rings (SSSR count). The summed E-state index contributed by atoms with van der Waals surface area (Å²) in [5.41, 5.74) is 2.80. The average Bonchev–Trinajstić information content (AvgIpc) is 2.86. The minimum atomic E-state index is 0.534. The summed E-state index contributed by atoms with van der Waals surface area (Å²) in [5.74, 6) is 1.11. The number of fused-ring (bicyclic) bond motifs is 1. The second-order valence-corrected chi connectivity index (χ2v) is 4.36. The first-order chi connectivity index (χ1) is 9.28. The van der Waals surface area contributed by atoms with Crippen molar-refractivity contribution in [3.63, 3.8) is 0 Å². The molecular formula is C14H14N4O. The molecule has 96 valence electrons. The van der Waals surface area contributed by atoms with Crippen LogP contribution in [0.5, 0.6) is 0 Å². The Labute approximate surface area is 110 Å². The Hall–Kier alpha value is -2.27. The molecule has 19 heavy (non-hydrogen) atoms. The molecule has 0 saturated carbocycles. The van der Waals surface area contributed by atoms with Crippen LogP contribution in [0.4, 0.5) is 0 Å². The van der Waals surface area contributed by atoms with E-state index in [0.717, 1.165) is 22.2 Å². The molecule has 2 heterocycles. The van der Waals surface area contributed by atoms with Crippen molar-refractivity contribution in [1.82, 2.24) is 20.5 Å². The number of rotatable bonds is 3. The molecule has 1 N–H and O–H groups in total. The number of hydrogen-bond donors (Lipinski definition) is 1. The molecule has 0 aliphatic carbocycles. The fraction of sp³-hybridized carbons (Fsp3) is 0.214. The summed E-state index contributed by atoms with van der Waals surface area (Å²) >= 11 is 0. The van der Waals surface area contributed by atoms with Gasteiger partial charge in [-0.15, -0.1) is 10.2 Å². The molecule has 0 bridgehead atoms. The molecule has 0 saturated heterocycles. The van der Waals surface area contributed by atoms with Crippen LogP contribution in [0, 0.1) is 6.92 Å². The Kier molecular flexibility index (Phi) is 2.97. The van der Waals surface area contributed by atoms with Gasteiger partial charge in [-0.25, -0.2) is 0 Å². The smallest absolute Gasteiger partial charge is 0.248 e. The van der Waals surface area contributed by atoms with E-state index in [2.05, 4.69) is 20.5 Å². The van der Waals surface area contributed by atoms with Crippen LogP contribution in [0.15, 0.2) is 34.7 Å². The highest BCUT2D eigenvalue weighted by Crippen LogP contribution is 2.27. The van der Waals surface area contributed by atoms with Gasteiger partial charge in [-0.3, -0.25) is 4.98 Å². The molecular weight excluding hydrogens is 240 g/mol. The molecule has 0 fully saturated rings. The summed E-state index contributed by atoms with van der Waals surface area (Å²) in [6.07, 6.45) is 0. The lowest BCUT2D eigenvalue weighted by Crippen LogP contribution is -2.04. The van der Waals surface area contributed by atoms with E-state index in [0.29, 0.717) is 18.3 Å². The van der Waals surface area contributed by atoms with Crippen LogP contribution in [0.25, 0.3) is 22.4 Å². The largest absolute Gasteiger partial charge is 0.419 e. The van der Waals surface area contributed by atoms with Gasteiger partial charge in [-0.2, -0.15) is 0 Å². The molecule has 2 aromatic heterocycles. The second kappa shape index (κ2) is 4.78. The van der Waals surface area contributed by atoms with E-state index in [4.69, 9.17) is 4.42 Å². The Morgan fingerprint density at radius 1 is 1.21 bits per heavy atom. The number of pyridine rings is 1. The minimum absolute atomic E-state index is 0.534. The maximum Gasteiger partial charge on any atom is 0.248 e. The van der Waals surface area contributed by atoms with Gasteiger partial charge < -0.3 is 9.73 Å². The van der Waals surface area contributed by atoms with Crippen LogP contribution in [0.1, 0.15) is 11.6 Å². The van der Waals surface area contributed by atoms with Crippen LogP contribution in [0.3, 0.4) is 0 Å². The van der Waals surface area contributed by atoms with Gasteiger partial charge in [0.25, 0.3) is 0 Å². The van der Waals surface area contributed by atoms with E-state index in [9.17, 15) is 0 Å². The molecule has 5 nitrogen and oxygen atoms in total. The van der Waals surface area contributed by atoms with Crippen molar-refractivity contribution in [2.24, 2.45) is 0 Å². The highest BCUT2D eigenvalue weighted by atomic mass is 16.4. The van der Waals surface area contributed by atoms with Crippen molar-refractivity contribution < 1.29 is 4.42 Å². The number of aryl methyl sites for hydroxylation is 1. The van der Waals surface area contributed by atoms with E-state index in [-0.39, 0.29) is 0 Å². The summed E-state index contributed by atoms with van der Waals surface area (Å²) < 4.78 is 5.66. The average molecular weight is 254 g/mol. The number of hydrogen-bond acceptors (Lipinski definition) is 5. The van der Waals surface area contributed by atoms with Crippen LogP contribution in [-0.2, 0) is 6.54 Å². The van der Waals surface area contributed by atoms with Gasteiger partial charge in [0.15, 0.2) is 0 Å². The highest BCUT2D eigenvalue weighted by Gasteiger charge is 2.12. The topological polar surface area (TPSA) is 63.8 Å².